The highest BCUT2D eigenvalue weighted by molar-refractivity contribution is 6.31. The zero-order valence-electron chi connectivity index (χ0n) is 9.74. The Balaban J connectivity index is 1.92. The molecule has 0 bridgehead atoms. The summed E-state index contributed by atoms with van der Waals surface area (Å²) in [4.78, 5) is 11.5. The fourth-order valence-electron chi connectivity index (χ4n) is 1.76. The fourth-order valence-corrected chi connectivity index (χ4v) is 1.88. The zero-order chi connectivity index (χ0) is 12.5. The molecule has 18 heavy (non-hydrogen) atoms. The van der Waals surface area contributed by atoms with E-state index in [0.29, 0.717) is 5.65 Å². The number of nitrogens with one attached hydrogen (secondary N) is 2. The molecule has 0 spiro atoms. The average molecular weight is 259 g/mol. The highest BCUT2D eigenvalue weighted by Gasteiger charge is 2.02. The smallest absolute Gasteiger partial charge is 0.179 e. The minimum absolute atomic E-state index is 0.700. The van der Waals surface area contributed by atoms with Crippen molar-refractivity contribution in [1.82, 2.24) is 15.0 Å². The lowest BCUT2D eigenvalue weighted by atomic mass is 10.2. The largest absolute Gasteiger partial charge is 0.343 e. The average Bonchev–Trinajstić information content (AvgIpc) is 2.81. The molecule has 0 aliphatic heterocycles. The van der Waals surface area contributed by atoms with Crippen LogP contribution in [0.3, 0.4) is 0 Å². The van der Waals surface area contributed by atoms with Gasteiger partial charge in [-0.3, -0.25) is 0 Å². The first-order chi connectivity index (χ1) is 8.72. The summed E-state index contributed by atoms with van der Waals surface area (Å²) in [5.74, 6) is 0.760. The summed E-state index contributed by atoms with van der Waals surface area (Å²) in [7, 11) is 0. The Morgan fingerprint density at radius 3 is 2.94 bits per heavy atom. The number of imidazole rings is 1. The van der Waals surface area contributed by atoms with Crippen LogP contribution in [0.1, 0.15) is 5.56 Å². The molecule has 3 aromatic rings. The van der Waals surface area contributed by atoms with E-state index in [4.69, 9.17) is 11.6 Å². The van der Waals surface area contributed by atoms with Gasteiger partial charge in [0.1, 0.15) is 5.82 Å². The van der Waals surface area contributed by atoms with E-state index in [1.807, 2.05) is 37.3 Å². The van der Waals surface area contributed by atoms with Crippen molar-refractivity contribution in [3.05, 3.63) is 47.2 Å². The van der Waals surface area contributed by atoms with E-state index in [1.54, 1.807) is 6.33 Å². The van der Waals surface area contributed by atoms with Crippen LogP contribution in [-0.4, -0.2) is 15.0 Å². The van der Waals surface area contributed by atoms with Crippen LogP contribution >= 0.6 is 11.6 Å². The Morgan fingerprint density at radius 2 is 2.11 bits per heavy atom. The number of halogens is 1. The van der Waals surface area contributed by atoms with E-state index in [0.717, 1.165) is 27.6 Å². The normalized spacial score (nSPS) is 10.8. The molecule has 0 atom stereocenters. The molecule has 4 nitrogen and oxygen atoms in total. The van der Waals surface area contributed by atoms with E-state index in [2.05, 4.69) is 20.3 Å². The summed E-state index contributed by atoms with van der Waals surface area (Å²) in [6.45, 7) is 1.97. The molecule has 2 N–H and O–H groups in total. The summed E-state index contributed by atoms with van der Waals surface area (Å²) in [6, 6.07) is 9.63. The fraction of sp³-hybridized carbons (Fsp3) is 0.0769. The van der Waals surface area contributed by atoms with Gasteiger partial charge in [0, 0.05) is 10.7 Å². The van der Waals surface area contributed by atoms with Crippen LogP contribution < -0.4 is 5.32 Å². The monoisotopic (exact) mass is 258 g/mol. The van der Waals surface area contributed by atoms with Gasteiger partial charge < -0.3 is 10.3 Å². The molecule has 0 saturated carbocycles. The molecule has 2 aromatic heterocycles. The molecule has 0 saturated heterocycles. The number of anilines is 2. The minimum Gasteiger partial charge on any atom is -0.343 e. The quantitative estimate of drug-likeness (QED) is 0.737. The number of hydrogen-bond donors (Lipinski definition) is 2. The first kappa shape index (κ1) is 11.0. The van der Waals surface area contributed by atoms with Gasteiger partial charge in [0.25, 0.3) is 0 Å². The molecule has 1 aromatic carbocycles. The highest BCUT2D eigenvalue weighted by atomic mass is 35.5. The number of benzene rings is 1. The summed E-state index contributed by atoms with van der Waals surface area (Å²) in [5, 5.41) is 3.99. The maximum atomic E-state index is 5.99. The van der Waals surface area contributed by atoms with Crippen molar-refractivity contribution >= 4 is 34.3 Å². The van der Waals surface area contributed by atoms with Gasteiger partial charge in [-0.15, -0.1) is 0 Å². The standard InChI is InChI=1S/C13H11ClN4/c1-8-6-9(2-3-10(8)14)17-12-5-4-11-13(18-12)16-7-15-11/h2-7H,1H3,(H2,15,16,17,18). The van der Waals surface area contributed by atoms with Gasteiger partial charge in [0.05, 0.1) is 11.8 Å². The maximum Gasteiger partial charge on any atom is 0.179 e. The summed E-state index contributed by atoms with van der Waals surface area (Å²) in [5.41, 5.74) is 3.61. The van der Waals surface area contributed by atoms with Gasteiger partial charge in [-0.25, -0.2) is 9.97 Å². The van der Waals surface area contributed by atoms with Gasteiger partial charge in [0.15, 0.2) is 5.65 Å². The Bertz CT molecular complexity index is 705. The molecule has 0 amide bonds. The van der Waals surface area contributed by atoms with Crippen molar-refractivity contribution in [1.29, 1.82) is 0 Å². The SMILES string of the molecule is Cc1cc(Nc2ccc3[nH]cnc3n2)ccc1Cl. The first-order valence-electron chi connectivity index (χ1n) is 5.56. The van der Waals surface area contributed by atoms with Gasteiger partial charge >= 0.3 is 0 Å². The van der Waals surface area contributed by atoms with Crippen molar-refractivity contribution in [2.24, 2.45) is 0 Å². The van der Waals surface area contributed by atoms with Crippen molar-refractivity contribution in [2.45, 2.75) is 6.92 Å². The van der Waals surface area contributed by atoms with Crippen LogP contribution in [0, 0.1) is 6.92 Å². The summed E-state index contributed by atoms with van der Waals surface area (Å²) in [6.07, 6.45) is 1.63. The van der Waals surface area contributed by atoms with E-state index in [9.17, 15) is 0 Å². The van der Waals surface area contributed by atoms with Crippen LogP contribution in [-0.2, 0) is 0 Å². The topological polar surface area (TPSA) is 53.6 Å². The molecule has 3 rings (SSSR count). The molecular weight excluding hydrogens is 248 g/mol. The van der Waals surface area contributed by atoms with Gasteiger partial charge in [-0.1, -0.05) is 11.6 Å². The van der Waals surface area contributed by atoms with E-state index in [1.165, 1.54) is 0 Å². The van der Waals surface area contributed by atoms with Crippen molar-refractivity contribution in [2.75, 3.05) is 5.32 Å². The number of hydrogen-bond acceptors (Lipinski definition) is 3. The van der Waals surface area contributed by atoms with Gasteiger partial charge in [0.2, 0.25) is 0 Å². The van der Waals surface area contributed by atoms with E-state index in [-0.39, 0.29) is 0 Å². The van der Waals surface area contributed by atoms with Crippen molar-refractivity contribution < 1.29 is 0 Å². The van der Waals surface area contributed by atoms with Crippen LogP contribution in [0.2, 0.25) is 5.02 Å². The third kappa shape index (κ3) is 2.02. The van der Waals surface area contributed by atoms with Crippen LogP contribution in [0.15, 0.2) is 36.7 Å². The van der Waals surface area contributed by atoms with Crippen molar-refractivity contribution in [3.63, 3.8) is 0 Å². The Kier molecular flexibility index (Phi) is 2.64. The molecule has 0 aliphatic rings. The lowest BCUT2D eigenvalue weighted by molar-refractivity contribution is 1.29. The number of rotatable bonds is 2. The number of H-pyrrole nitrogens is 1. The Morgan fingerprint density at radius 1 is 1.22 bits per heavy atom. The molecule has 2 heterocycles. The summed E-state index contributed by atoms with van der Waals surface area (Å²) >= 11 is 5.99. The first-order valence-corrected chi connectivity index (χ1v) is 5.93. The number of fused-ring (bicyclic) bond motifs is 1. The molecular formula is C13H11ClN4. The number of nitrogens with zero attached hydrogens (tertiary/aromatic N) is 2. The number of pyridine rings is 1. The predicted octanol–water partition coefficient (Wildman–Crippen LogP) is 3.66. The second-order valence-corrected chi connectivity index (χ2v) is 4.47. The molecule has 0 unspecified atom stereocenters. The third-order valence-corrected chi connectivity index (χ3v) is 3.14. The van der Waals surface area contributed by atoms with Crippen LogP contribution in [0.25, 0.3) is 11.2 Å². The molecule has 90 valence electrons. The van der Waals surface area contributed by atoms with Crippen LogP contribution in [0.4, 0.5) is 11.5 Å². The van der Waals surface area contributed by atoms with E-state index < -0.39 is 0 Å². The number of aromatic nitrogens is 3. The Hall–Kier alpha value is -2.07. The van der Waals surface area contributed by atoms with Gasteiger partial charge in [-0.2, -0.15) is 0 Å². The highest BCUT2D eigenvalue weighted by Crippen LogP contribution is 2.22. The third-order valence-electron chi connectivity index (χ3n) is 2.71. The van der Waals surface area contributed by atoms with Crippen molar-refractivity contribution in [3.8, 4) is 0 Å². The predicted molar refractivity (Wildman–Crippen MR) is 73.4 cm³/mol. The number of aryl methyl sites for hydroxylation is 1. The van der Waals surface area contributed by atoms with E-state index >= 15 is 0 Å². The lowest BCUT2D eigenvalue weighted by Gasteiger charge is -2.07. The lowest BCUT2D eigenvalue weighted by Crippen LogP contribution is -1.94. The molecule has 0 fully saturated rings. The molecule has 0 radical (unpaired) electrons. The zero-order valence-corrected chi connectivity index (χ0v) is 10.5. The van der Waals surface area contributed by atoms with Crippen LogP contribution in [0.5, 0.6) is 0 Å². The molecule has 5 heteroatoms. The second-order valence-electron chi connectivity index (χ2n) is 4.06. The maximum absolute atomic E-state index is 5.99. The Labute approximate surface area is 109 Å². The summed E-state index contributed by atoms with van der Waals surface area (Å²) < 4.78 is 0. The van der Waals surface area contributed by atoms with Gasteiger partial charge in [-0.05, 0) is 42.8 Å². The molecule has 0 aliphatic carbocycles. The minimum atomic E-state index is 0.700. The number of aromatic amines is 1. The second kappa shape index (κ2) is 4.31.